The van der Waals surface area contributed by atoms with Crippen molar-refractivity contribution in [3.63, 3.8) is 0 Å². The highest BCUT2D eigenvalue weighted by molar-refractivity contribution is 5.86. The summed E-state index contributed by atoms with van der Waals surface area (Å²) in [5, 5.41) is 5.33. The van der Waals surface area contributed by atoms with E-state index in [1.807, 2.05) is 49.4 Å². The van der Waals surface area contributed by atoms with Crippen LogP contribution >= 0.6 is 12.4 Å². The first-order valence-electron chi connectivity index (χ1n) is 8.20. The summed E-state index contributed by atoms with van der Waals surface area (Å²) in [5.41, 5.74) is 9.04. The fourth-order valence-electron chi connectivity index (χ4n) is 2.74. The smallest absolute Gasteiger partial charge is 0.224 e. The van der Waals surface area contributed by atoms with Crippen LogP contribution < -0.4 is 11.1 Å². The summed E-state index contributed by atoms with van der Waals surface area (Å²) in [4.78, 5) is 12.2. The van der Waals surface area contributed by atoms with Gasteiger partial charge in [0, 0.05) is 12.6 Å². The molecule has 1 amide bonds. The summed E-state index contributed by atoms with van der Waals surface area (Å²) in [6.45, 7) is 2.49. The van der Waals surface area contributed by atoms with Crippen molar-refractivity contribution in [2.24, 2.45) is 5.73 Å². The zero-order valence-corrected chi connectivity index (χ0v) is 15.1. The van der Waals surface area contributed by atoms with Gasteiger partial charge < -0.3 is 11.1 Å². The van der Waals surface area contributed by atoms with E-state index in [9.17, 15) is 4.79 Å². The Hall–Kier alpha value is -2.36. The Morgan fingerprint density at radius 3 is 2.28 bits per heavy atom. The molecule has 3 aromatic carbocycles. The maximum Gasteiger partial charge on any atom is 0.224 e. The molecule has 0 aliphatic carbocycles. The molecule has 0 unspecified atom stereocenters. The number of carbonyl (C=O) groups excluding carboxylic acids is 1. The van der Waals surface area contributed by atoms with Crippen LogP contribution in [0.5, 0.6) is 0 Å². The second-order valence-electron chi connectivity index (χ2n) is 6.17. The number of rotatable bonds is 5. The van der Waals surface area contributed by atoms with E-state index >= 15 is 0 Å². The minimum Gasteiger partial charge on any atom is -0.352 e. The van der Waals surface area contributed by atoms with Gasteiger partial charge in [-0.3, -0.25) is 4.79 Å². The van der Waals surface area contributed by atoms with E-state index in [4.69, 9.17) is 5.73 Å². The lowest BCUT2D eigenvalue weighted by Crippen LogP contribution is -2.24. The molecule has 4 heteroatoms. The Bertz CT molecular complexity index is 844. The van der Waals surface area contributed by atoms with E-state index in [0.29, 0.717) is 13.0 Å². The third kappa shape index (κ3) is 5.05. The zero-order valence-electron chi connectivity index (χ0n) is 14.2. The van der Waals surface area contributed by atoms with E-state index < -0.39 is 0 Å². The van der Waals surface area contributed by atoms with Gasteiger partial charge in [0.2, 0.25) is 5.91 Å². The number of nitrogens with two attached hydrogens (primary N) is 1. The maximum atomic E-state index is 12.2. The van der Waals surface area contributed by atoms with E-state index in [2.05, 4.69) is 29.6 Å². The van der Waals surface area contributed by atoms with Crippen molar-refractivity contribution in [3.05, 3.63) is 83.4 Å². The standard InChI is InChI=1S/C21H22N2O.ClH/c1-15(22)18-9-6-16(7-10-18)14-23-21(24)13-17-8-11-19-4-2-3-5-20(19)12-17;/h2-12,15H,13-14,22H2,1H3,(H,23,24);1H/t15-;/m0./s1. The molecule has 0 radical (unpaired) electrons. The minimum absolute atomic E-state index is 0. The summed E-state index contributed by atoms with van der Waals surface area (Å²) in [6.07, 6.45) is 0.392. The Labute approximate surface area is 154 Å². The molecule has 3 N–H and O–H groups in total. The molecule has 3 rings (SSSR count). The van der Waals surface area contributed by atoms with Gasteiger partial charge in [-0.15, -0.1) is 12.4 Å². The normalized spacial score (nSPS) is 11.6. The number of hydrogen-bond acceptors (Lipinski definition) is 2. The average Bonchev–Trinajstić information content (AvgIpc) is 2.60. The highest BCUT2D eigenvalue weighted by Gasteiger charge is 2.05. The van der Waals surface area contributed by atoms with Crippen LogP contribution in [0.3, 0.4) is 0 Å². The van der Waals surface area contributed by atoms with Crippen molar-refractivity contribution in [3.8, 4) is 0 Å². The summed E-state index contributed by atoms with van der Waals surface area (Å²) >= 11 is 0. The molecule has 25 heavy (non-hydrogen) atoms. The molecule has 0 saturated carbocycles. The first-order valence-corrected chi connectivity index (χ1v) is 8.20. The molecule has 130 valence electrons. The third-order valence-electron chi connectivity index (χ3n) is 4.17. The molecule has 1 atom stereocenters. The number of fused-ring (bicyclic) bond motifs is 1. The summed E-state index contributed by atoms with van der Waals surface area (Å²) in [6, 6.07) is 22.4. The van der Waals surface area contributed by atoms with Crippen LogP contribution in [0.4, 0.5) is 0 Å². The Morgan fingerprint density at radius 1 is 0.960 bits per heavy atom. The lowest BCUT2D eigenvalue weighted by molar-refractivity contribution is -0.120. The third-order valence-corrected chi connectivity index (χ3v) is 4.17. The quantitative estimate of drug-likeness (QED) is 0.723. The fourth-order valence-corrected chi connectivity index (χ4v) is 2.74. The molecular formula is C21H23ClN2O. The van der Waals surface area contributed by atoms with Gasteiger partial charge >= 0.3 is 0 Å². The van der Waals surface area contributed by atoms with Gasteiger partial charge in [0.25, 0.3) is 0 Å². The largest absolute Gasteiger partial charge is 0.352 e. The van der Waals surface area contributed by atoms with Crippen LogP contribution in [-0.4, -0.2) is 5.91 Å². The van der Waals surface area contributed by atoms with Gasteiger partial charge in [0.15, 0.2) is 0 Å². The topological polar surface area (TPSA) is 55.1 Å². The van der Waals surface area contributed by atoms with E-state index in [1.165, 1.54) is 5.39 Å². The Kier molecular flexibility index (Phi) is 6.57. The predicted octanol–water partition coefficient (Wildman–Crippen LogP) is 4.14. The molecular weight excluding hydrogens is 332 g/mol. The lowest BCUT2D eigenvalue weighted by atomic mass is 10.0. The van der Waals surface area contributed by atoms with Gasteiger partial charge in [-0.25, -0.2) is 0 Å². The van der Waals surface area contributed by atoms with Gasteiger partial charge in [-0.1, -0.05) is 66.7 Å². The van der Waals surface area contributed by atoms with Crippen molar-refractivity contribution in [2.45, 2.75) is 25.9 Å². The van der Waals surface area contributed by atoms with E-state index in [0.717, 1.165) is 22.1 Å². The van der Waals surface area contributed by atoms with Gasteiger partial charge in [0.05, 0.1) is 6.42 Å². The van der Waals surface area contributed by atoms with Crippen LogP contribution in [0.1, 0.15) is 29.7 Å². The molecule has 0 spiro atoms. The van der Waals surface area contributed by atoms with Crippen molar-refractivity contribution in [2.75, 3.05) is 0 Å². The van der Waals surface area contributed by atoms with Crippen LogP contribution in [0.15, 0.2) is 66.7 Å². The highest BCUT2D eigenvalue weighted by Crippen LogP contribution is 2.16. The van der Waals surface area contributed by atoms with E-state index in [-0.39, 0.29) is 24.4 Å². The number of carbonyl (C=O) groups is 1. The van der Waals surface area contributed by atoms with Crippen LogP contribution in [0.25, 0.3) is 10.8 Å². The molecule has 0 saturated heterocycles. The first kappa shape index (κ1) is 19.0. The maximum absolute atomic E-state index is 12.2. The molecule has 0 fully saturated rings. The second kappa shape index (κ2) is 8.65. The highest BCUT2D eigenvalue weighted by atomic mass is 35.5. The van der Waals surface area contributed by atoms with Crippen LogP contribution in [0.2, 0.25) is 0 Å². The average molecular weight is 355 g/mol. The van der Waals surface area contributed by atoms with Crippen molar-refractivity contribution in [1.82, 2.24) is 5.32 Å². The number of hydrogen-bond donors (Lipinski definition) is 2. The monoisotopic (exact) mass is 354 g/mol. The summed E-state index contributed by atoms with van der Waals surface area (Å²) in [5.74, 6) is 0.0292. The molecule has 3 aromatic rings. The molecule has 0 aliphatic heterocycles. The number of nitrogens with one attached hydrogen (secondary N) is 1. The molecule has 0 aromatic heterocycles. The van der Waals surface area contributed by atoms with Gasteiger partial charge in [0.1, 0.15) is 0 Å². The van der Waals surface area contributed by atoms with Gasteiger partial charge in [-0.2, -0.15) is 0 Å². The molecule has 3 nitrogen and oxygen atoms in total. The van der Waals surface area contributed by atoms with Gasteiger partial charge in [-0.05, 0) is 34.4 Å². The van der Waals surface area contributed by atoms with Crippen LogP contribution in [-0.2, 0) is 17.8 Å². The molecule has 0 bridgehead atoms. The zero-order chi connectivity index (χ0) is 16.9. The Morgan fingerprint density at radius 2 is 1.60 bits per heavy atom. The van der Waals surface area contributed by atoms with Crippen LogP contribution in [0, 0.1) is 0 Å². The number of halogens is 1. The van der Waals surface area contributed by atoms with Crippen molar-refractivity contribution >= 4 is 29.1 Å². The molecule has 0 aliphatic rings. The second-order valence-corrected chi connectivity index (χ2v) is 6.17. The fraction of sp³-hybridized carbons (Fsp3) is 0.190. The van der Waals surface area contributed by atoms with E-state index in [1.54, 1.807) is 0 Å². The lowest BCUT2D eigenvalue weighted by Gasteiger charge is -2.09. The predicted molar refractivity (Wildman–Crippen MR) is 106 cm³/mol. The first-order chi connectivity index (χ1) is 11.6. The SMILES string of the molecule is C[C@H](N)c1ccc(CNC(=O)Cc2ccc3ccccc3c2)cc1.Cl. The number of amides is 1. The molecule has 0 heterocycles. The van der Waals surface area contributed by atoms with Crippen molar-refractivity contribution in [1.29, 1.82) is 0 Å². The summed E-state index contributed by atoms with van der Waals surface area (Å²) < 4.78 is 0. The van der Waals surface area contributed by atoms with Crippen molar-refractivity contribution < 1.29 is 4.79 Å². The minimum atomic E-state index is 0. The summed E-state index contributed by atoms with van der Waals surface area (Å²) in [7, 11) is 0. The number of benzene rings is 3. The Balaban J connectivity index is 0.00000225.